The van der Waals surface area contributed by atoms with Gasteiger partial charge in [-0.05, 0) is 51.3 Å². The van der Waals surface area contributed by atoms with Gasteiger partial charge >= 0.3 is 0 Å². The minimum absolute atomic E-state index is 0.00203. The number of benzene rings is 2. The van der Waals surface area contributed by atoms with Gasteiger partial charge in [0.2, 0.25) is 0 Å². The average molecular weight is 424 g/mol. The van der Waals surface area contributed by atoms with Crippen molar-refractivity contribution in [2.75, 3.05) is 19.8 Å². The fraction of sp³-hybridized carbons (Fsp3) is 0.500. The van der Waals surface area contributed by atoms with Gasteiger partial charge in [-0.1, -0.05) is 32.4 Å². The van der Waals surface area contributed by atoms with Crippen molar-refractivity contribution in [1.29, 1.82) is 0 Å². The lowest BCUT2D eigenvalue weighted by Gasteiger charge is -2.30. The second-order valence-corrected chi connectivity index (χ2v) is 8.43. The van der Waals surface area contributed by atoms with Crippen LogP contribution in [0.25, 0.3) is 11.1 Å². The fourth-order valence-electron chi connectivity index (χ4n) is 4.44. The summed E-state index contributed by atoms with van der Waals surface area (Å²) in [5.41, 5.74) is 2.98. The van der Waals surface area contributed by atoms with Crippen LogP contribution in [-0.2, 0) is 0 Å². The van der Waals surface area contributed by atoms with Crippen molar-refractivity contribution in [3.8, 4) is 28.4 Å². The summed E-state index contributed by atoms with van der Waals surface area (Å²) in [5.74, 6) is 2.11. The van der Waals surface area contributed by atoms with Crippen LogP contribution in [0.3, 0.4) is 0 Å². The van der Waals surface area contributed by atoms with Crippen molar-refractivity contribution in [2.45, 2.75) is 65.0 Å². The standard InChI is InChI=1S/C26H33NO4/c1-4-13-29-18-15-20-25(23(16-18)30-14-5-2)24-19(26(20)28)9-8-11-22(24)31-17(3)21-10-6-7-12-27-21/h8-9,11,15-17,21,27H,4-7,10,12-14H2,1-3H3. The van der Waals surface area contributed by atoms with Gasteiger partial charge < -0.3 is 19.5 Å². The van der Waals surface area contributed by atoms with Gasteiger partial charge in [0.05, 0.1) is 13.2 Å². The molecule has 1 aliphatic carbocycles. The molecule has 1 aliphatic heterocycles. The summed E-state index contributed by atoms with van der Waals surface area (Å²) in [6.45, 7) is 8.46. The van der Waals surface area contributed by atoms with E-state index in [0.717, 1.165) is 42.7 Å². The summed E-state index contributed by atoms with van der Waals surface area (Å²) in [6.07, 6.45) is 5.34. The first kappa shape index (κ1) is 21.7. The van der Waals surface area contributed by atoms with Crippen LogP contribution in [0.4, 0.5) is 0 Å². The number of carbonyl (C=O) groups excluding carboxylic acids is 1. The largest absolute Gasteiger partial charge is 0.493 e. The lowest BCUT2D eigenvalue weighted by atomic mass is 10.00. The van der Waals surface area contributed by atoms with Gasteiger partial charge in [-0.2, -0.15) is 0 Å². The van der Waals surface area contributed by atoms with Gasteiger partial charge in [0.1, 0.15) is 23.4 Å². The van der Waals surface area contributed by atoms with E-state index in [1.807, 2.05) is 30.3 Å². The Morgan fingerprint density at radius 1 is 1.00 bits per heavy atom. The normalized spacial score (nSPS) is 18.3. The van der Waals surface area contributed by atoms with Crippen LogP contribution in [0.15, 0.2) is 30.3 Å². The van der Waals surface area contributed by atoms with Crippen molar-refractivity contribution in [3.63, 3.8) is 0 Å². The molecule has 2 atom stereocenters. The number of rotatable bonds is 9. The smallest absolute Gasteiger partial charge is 0.194 e. The van der Waals surface area contributed by atoms with E-state index in [1.165, 1.54) is 12.8 Å². The summed E-state index contributed by atoms with van der Waals surface area (Å²) < 4.78 is 18.4. The molecule has 2 aromatic rings. The van der Waals surface area contributed by atoms with Gasteiger partial charge in [-0.15, -0.1) is 0 Å². The first-order valence-corrected chi connectivity index (χ1v) is 11.7. The number of carbonyl (C=O) groups is 1. The van der Waals surface area contributed by atoms with E-state index in [0.29, 0.717) is 41.9 Å². The lowest BCUT2D eigenvalue weighted by Crippen LogP contribution is -2.44. The molecular formula is C26H33NO4. The summed E-state index contributed by atoms with van der Waals surface area (Å²) in [6, 6.07) is 9.83. The molecule has 0 radical (unpaired) electrons. The van der Waals surface area contributed by atoms with Crippen LogP contribution >= 0.6 is 0 Å². The molecule has 31 heavy (non-hydrogen) atoms. The maximum atomic E-state index is 13.3. The molecular weight excluding hydrogens is 390 g/mol. The number of nitrogens with one attached hydrogen (secondary N) is 1. The highest BCUT2D eigenvalue weighted by atomic mass is 16.5. The third-order valence-electron chi connectivity index (χ3n) is 6.00. The highest BCUT2D eigenvalue weighted by molar-refractivity contribution is 6.23. The molecule has 0 amide bonds. The van der Waals surface area contributed by atoms with Crippen LogP contribution in [0, 0.1) is 0 Å². The summed E-state index contributed by atoms with van der Waals surface area (Å²) in [7, 11) is 0. The Bertz CT molecular complexity index is 933. The minimum atomic E-state index is 0.00203. The number of hydrogen-bond acceptors (Lipinski definition) is 5. The molecule has 4 rings (SSSR count). The number of ketones is 1. The van der Waals surface area contributed by atoms with E-state index in [1.54, 1.807) is 0 Å². The second-order valence-electron chi connectivity index (χ2n) is 8.43. The molecule has 0 bridgehead atoms. The molecule has 1 fully saturated rings. The molecule has 5 nitrogen and oxygen atoms in total. The van der Waals surface area contributed by atoms with Crippen molar-refractivity contribution in [1.82, 2.24) is 5.32 Å². The number of ether oxygens (including phenoxy) is 3. The van der Waals surface area contributed by atoms with E-state index in [2.05, 4.69) is 26.1 Å². The molecule has 1 heterocycles. The quantitative estimate of drug-likeness (QED) is 0.500. The van der Waals surface area contributed by atoms with Crippen LogP contribution in [0.1, 0.15) is 68.8 Å². The lowest BCUT2D eigenvalue weighted by molar-refractivity contribution is 0.104. The van der Waals surface area contributed by atoms with Gasteiger partial charge in [0.15, 0.2) is 5.78 Å². The highest BCUT2D eigenvalue weighted by Gasteiger charge is 2.34. The Labute approximate surface area is 185 Å². The zero-order chi connectivity index (χ0) is 21.8. The van der Waals surface area contributed by atoms with Crippen molar-refractivity contribution < 1.29 is 19.0 Å². The molecule has 2 aliphatic rings. The predicted octanol–water partition coefficient (Wildman–Crippen LogP) is 5.39. The highest BCUT2D eigenvalue weighted by Crippen LogP contribution is 2.49. The Morgan fingerprint density at radius 2 is 1.77 bits per heavy atom. The van der Waals surface area contributed by atoms with E-state index < -0.39 is 0 Å². The molecule has 2 aromatic carbocycles. The van der Waals surface area contributed by atoms with Crippen LogP contribution < -0.4 is 19.5 Å². The SMILES string of the molecule is CCCOc1cc(OCCC)c2c(c1)C(=O)c1cccc(OC(C)C3CCCCN3)c1-2. The molecule has 1 N–H and O–H groups in total. The zero-order valence-electron chi connectivity index (χ0n) is 18.8. The monoisotopic (exact) mass is 423 g/mol. The second kappa shape index (κ2) is 9.73. The van der Waals surface area contributed by atoms with E-state index in [-0.39, 0.29) is 11.9 Å². The zero-order valence-corrected chi connectivity index (χ0v) is 18.8. The Morgan fingerprint density at radius 3 is 2.52 bits per heavy atom. The van der Waals surface area contributed by atoms with Crippen LogP contribution in [0.5, 0.6) is 17.2 Å². The number of piperidine rings is 1. The summed E-state index contributed by atoms with van der Waals surface area (Å²) in [5, 5.41) is 3.57. The molecule has 0 spiro atoms. The van der Waals surface area contributed by atoms with Crippen molar-refractivity contribution in [3.05, 3.63) is 41.5 Å². The summed E-state index contributed by atoms with van der Waals surface area (Å²) in [4.78, 5) is 13.3. The van der Waals surface area contributed by atoms with Gasteiger partial charge in [0.25, 0.3) is 0 Å². The van der Waals surface area contributed by atoms with E-state index in [4.69, 9.17) is 14.2 Å². The molecule has 2 unspecified atom stereocenters. The van der Waals surface area contributed by atoms with Gasteiger partial charge in [-0.3, -0.25) is 4.79 Å². The van der Waals surface area contributed by atoms with Gasteiger partial charge in [0, 0.05) is 34.4 Å². The summed E-state index contributed by atoms with van der Waals surface area (Å²) >= 11 is 0. The fourth-order valence-corrected chi connectivity index (χ4v) is 4.44. The van der Waals surface area contributed by atoms with Crippen molar-refractivity contribution in [2.24, 2.45) is 0 Å². The topological polar surface area (TPSA) is 56.8 Å². The van der Waals surface area contributed by atoms with E-state index >= 15 is 0 Å². The van der Waals surface area contributed by atoms with Crippen LogP contribution in [0.2, 0.25) is 0 Å². The Hall–Kier alpha value is -2.53. The molecule has 0 saturated carbocycles. The molecule has 1 saturated heterocycles. The third kappa shape index (κ3) is 4.42. The predicted molar refractivity (Wildman–Crippen MR) is 123 cm³/mol. The molecule has 5 heteroatoms. The first-order chi connectivity index (χ1) is 15.1. The Balaban J connectivity index is 1.73. The number of hydrogen-bond donors (Lipinski definition) is 1. The molecule has 0 aromatic heterocycles. The van der Waals surface area contributed by atoms with Crippen molar-refractivity contribution >= 4 is 5.78 Å². The first-order valence-electron chi connectivity index (χ1n) is 11.7. The third-order valence-corrected chi connectivity index (χ3v) is 6.00. The Kier molecular flexibility index (Phi) is 6.81. The van der Waals surface area contributed by atoms with Crippen LogP contribution in [-0.4, -0.2) is 37.7 Å². The molecule has 166 valence electrons. The maximum absolute atomic E-state index is 13.3. The van der Waals surface area contributed by atoms with Gasteiger partial charge in [-0.25, -0.2) is 0 Å². The van der Waals surface area contributed by atoms with E-state index in [9.17, 15) is 4.79 Å². The average Bonchev–Trinajstić information content (AvgIpc) is 3.09. The number of fused-ring (bicyclic) bond motifs is 3. The minimum Gasteiger partial charge on any atom is -0.493 e. The maximum Gasteiger partial charge on any atom is 0.194 e.